The van der Waals surface area contributed by atoms with E-state index < -0.39 is 0 Å². The molecule has 1 aromatic carbocycles. The van der Waals surface area contributed by atoms with Crippen molar-refractivity contribution in [3.8, 4) is 0 Å². The van der Waals surface area contributed by atoms with Crippen molar-refractivity contribution < 1.29 is 10.3 Å². The van der Waals surface area contributed by atoms with Crippen molar-refractivity contribution in [1.29, 1.82) is 0 Å². The number of rotatable bonds is 6. The van der Waals surface area contributed by atoms with Crippen molar-refractivity contribution in [2.75, 3.05) is 12.9 Å². The quantitative estimate of drug-likeness (QED) is 0.246. The second-order valence-electron chi connectivity index (χ2n) is 3.76. The van der Waals surface area contributed by atoms with Gasteiger partial charge in [0.2, 0.25) is 0 Å². The molecule has 18 heavy (non-hydrogen) atoms. The largest absolute Gasteiger partial charge is 0.409 e. The summed E-state index contributed by atoms with van der Waals surface area (Å²) in [5.74, 6) is 0.124. The molecule has 0 saturated heterocycles. The van der Waals surface area contributed by atoms with Crippen LogP contribution in [0.3, 0.4) is 0 Å². The van der Waals surface area contributed by atoms with Crippen molar-refractivity contribution in [3.05, 3.63) is 23.8 Å². The van der Waals surface area contributed by atoms with Gasteiger partial charge in [-0.25, -0.2) is 0 Å². The van der Waals surface area contributed by atoms with Gasteiger partial charge < -0.3 is 16.0 Å². The van der Waals surface area contributed by atoms with Crippen LogP contribution in [0.4, 0.5) is 0 Å². The number of thioether (sulfide) groups is 2. The third-order valence-corrected chi connectivity index (χ3v) is 4.45. The molecule has 0 spiro atoms. The molecule has 0 aliphatic rings. The van der Waals surface area contributed by atoms with Gasteiger partial charge in [-0.3, -0.25) is 0 Å². The maximum Gasteiger partial charge on any atom is 0.172 e. The summed E-state index contributed by atoms with van der Waals surface area (Å²) in [5, 5.41) is 21.2. The summed E-state index contributed by atoms with van der Waals surface area (Å²) in [7, 11) is 0. The first-order chi connectivity index (χ1) is 8.63. The molecule has 100 valence electrons. The highest BCUT2D eigenvalue weighted by atomic mass is 32.2. The van der Waals surface area contributed by atoms with Gasteiger partial charge in [-0.2, -0.15) is 0 Å². The van der Waals surface area contributed by atoms with Crippen molar-refractivity contribution in [2.24, 2.45) is 10.9 Å². The molecule has 1 unspecified atom stereocenters. The molecule has 0 aromatic heterocycles. The summed E-state index contributed by atoms with van der Waals surface area (Å²) in [4.78, 5) is 1.95. The van der Waals surface area contributed by atoms with Crippen LogP contribution in [0.25, 0.3) is 0 Å². The standard InChI is InChI=1S/C12H18N2O2S2/c1-8(6-7-15)18-10-5-3-4-9(17-2)11(10)12(13)14-16/h3-5,8,15-16H,6-7H2,1-2H3,(H2,13,14). The normalized spacial score (nSPS) is 13.6. The molecule has 0 heterocycles. The average molecular weight is 286 g/mol. The molecule has 0 bridgehead atoms. The maximum atomic E-state index is 8.93. The third-order valence-electron chi connectivity index (χ3n) is 2.44. The summed E-state index contributed by atoms with van der Waals surface area (Å²) in [6, 6.07) is 5.85. The van der Waals surface area contributed by atoms with Gasteiger partial charge in [0, 0.05) is 27.2 Å². The number of oxime groups is 1. The molecule has 6 heteroatoms. The number of aliphatic hydroxyl groups is 1. The van der Waals surface area contributed by atoms with Crippen LogP contribution in [-0.2, 0) is 0 Å². The van der Waals surface area contributed by atoms with Gasteiger partial charge in [-0.15, -0.1) is 23.5 Å². The molecular formula is C12H18N2O2S2. The Morgan fingerprint density at radius 2 is 2.11 bits per heavy atom. The van der Waals surface area contributed by atoms with Crippen molar-refractivity contribution >= 4 is 29.4 Å². The van der Waals surface area contributed by atoms with Gasteiger partial charge >= 0.3 is 0 Å². The lowest BCUT2D eigenvalue weighted by Gasteiger charge is -2.15. The van der Waals surface area contributed by atoms with Gasteiger partial charge in [-0.05, 0) is 24.8 Å². The molecule has 1 aromatic rings. The lowest BCUT2D eigenvalue weighted by molar-refractivity contribution is 0.289. The molecule has 1 atom stereocenters. The fourth-order valence-electron chi connectivity index (χ4n) is 1.54. The lowest BCUT2D eigenvalue weighted by atomic mass is 10.2. The molecular weight excluding hydrogens is 268 g/mol. The van der Waals surface area contributed by atoms with Crippen LogP contribution in [0.2, 0.25) is 0 Å². The second-order valence-corrected chi connectivity index (χ2v) is 6.09. The fourth-order valence-corrected chi connectivity index (χ4v) is 3.38. The lowest BCUT2D eigenvalue weighted by Crippen LogP contribution is -2.16. The van der Waals surface area contributed by atoms with Gasteiger partial charge in [-0.1, -0.05) is 18.1 Å². The predicted octanol–water partition coefficient (Wildman–Crippen LogP) is 2.37. The van der Waals surface area contributed by atoms with Gasteiger partial charge in [0.15, 0.2) is 5.84 Å². The minimum Gasteiger partial charge on any atom is -0.409 e. The first-order valence-corrected chi connectivity index (χ1v) is 7.66. The molecule has 4 N–H and O–H groups in total. The number of nitrogens with zero attached hydrogens (tertiary/aromatic N) is 1. The van der Waals surface area contributed by atoms with Crippen LogP contribution in [0.1, 0.15) is 18.9 Å². The monoisotopic (exact) mass is 286 g/mol. The van der Waals surface area contributed by atoms with E-state index in [1.54, 1.807) is 23.5 Å². The molecule has 4 nitrogen and oxygen atoms in total. The van der Waals surface area contributed by atoms with Crippen LogP contribution in [0, 0.1) is 0 Å². The number of hydrogen-bond acceptors (Lipinski definition) is 5. The molecule has 0 fully saturated rings. The molecule has 0 aliphatic carbocycles. The summed E-state index contributed by atoms with van der Waals surface area (Å²) in [6.07, 6.45) is 2.67. The number of aliphatic hydroxyl groups excluding tert-OH is 1. The Bertz CT molecular complexity index is 425. The van der Waals surface area contributed by atoms with Gasteiger partial charge in [0.25, 0.3) is 0 Å². The van der Waals surface area contributed by atoms with Crippen LogP contribution in [-0.4, -0.2) is 34.3 Å². The zero-order chi connectivity index (χ0) is 13.5. The Morgan fingerprint density at radius 3 is 2.67 bits per heavy atom. The van der Waals surface area contributed by atoms with E-state index in [9.17, 15) is 0 Å². The minimum absolute atomic E-state index is 0.124. The Kier molecular flexibility index (Phi) is 6.38. The SMILES string of the molecule is CSc1cccc(SC(C)CCO)c1/C(N)=N/O. The maximum absolute atomic E-state index is 8.93. The summed E-state index contributed by atoms with van der Waals surface area (Å²) in [6.45, 7) is 2.21. The second kappa shape index (κ2) is 7.56. The average Bonchev–Trinajstić information content (AvgIpc) is 2.37. The highest BCUT2D eigenvalue weighted by molar-refractivity contribution is 8.00. The summed E-state index contributed by atoms with van der Waals surface area (Å²) < 4.78 is 0. The molecule has 0 saturated carbocycles. The number of nitrogens with two attached hydrogens (primary N) is 1. The zero-order valence-electron chi connectivity index (χ0n) is 10.5. The smallest absolute Gasteiger partial charge is 0.172 e. The number of benzene rings is 1. The van der Waals surface area contributed by atoms with E-state index in [2.05, 4.69) is 5.16 Å². The first-order valence-electron chi connectivity index (χ1n) is 5.56. The Balaban J connectivity index is 3.10. The fraction of sp³-hybridized carbons (Fsp3) is 0.417. The van der Waals surface area contributed by atoms with Gasteiger partial charge in [0.1, 0.15) is 0 Å². The molecule has 0 amide bonds. The van der Waals surface area contributed by atoms with Gasteiger partial charge in [0.05, 0.1) is 0 Å². The first kappa shape index (κ1) is 15.2. The minimum atomic E-state index is 0.124. The number of amidine groups is 1. The van der Waals surface area contributed by atoms with Crippen molar-refractivity contribution in [3.63, 3.8) is 0 Å². The molecule has 1 rings (SSSR count). The topological polar surface area (TPSA) is 78.8 Å². The Morgan fingerprint density at radius 1 is 1.44 bits per heavy atom. The predicted molar refractivity (Wildman–Crippen MR) is 77.8 cm³/mol. The Labute approximate surface area is 116 Å². The van der Waals surface area contributed by atoms with Crippen molar-refractivity contribution in [1.82, 2.24) is 0 Å². The molecule has 0 aliphatic heterocycles. The van der Waals surface area contributed by atoms with Crippen LogP contribution in [0.5, 0.6) is 0 Å². The van der Waals surface area contributed by atoms with E-state index in [1.165, 1.54) is 0 Å². The van der Waals surface area contributed by atoms with E-state index in [-0.39, 0.29) is 17.7 Å². The van der Waals surface area contributed by atoms with Crippen LogP contribution < -0.4 is 5.73 Å². The molecule has 0 radical (unpaired) electrons. The van der Waals surface area contributed by atoms with E-state index >= 15 is 0 Å². The van der Waals surface area contributed by atoms with Crippen LogP contribution >= 0.6 is 23.5 Å². The highest BCUT2D eigenvalue weighted by Crippen LogP contribution is 2.33. The van der Waals surface area contributed by atoms with E-state index in [1.807, 2.05) is 31.4 Å². The van der Waals surface area contributed by atoms with Crippen molar-refractivity contribution in [2.45, 2.75) is 28.4 Å². The summed E-state index contributed by atoms with van der Waals surface area (Å²) >= 11 is 3.18. The van der Waals surface area contributed by atoms with E-state index in [0.29, 0.717) is 6.42 Å². The van der Waals surface area contributed by atoms with E-state index in [4.69, 9.17) is 16.0 Å². The highest BCUT2D eigenvalue weighted by Gasteiger charge is 2.15. The zero-order valence-corrected chi connectivity index (χ0v) is 12.1. The Hall–Kier alpha value is -0.850. The van der Waals surface area contributed by atoms with Crippen LogP contribution in [0.15, 0.2) is 33.1 Å². The summed E-state index contributed by atoms with van der Waals surface area (Å²) in [5.41, 5.74) is 6.51. The van der Waals surface area contributed by atoms with E-state index in [0.717, 1.165) is 15.4 Å². The number of hydrogen-bond donors (Lipinski definition) is 3. The third kappa shape index (κ3) is 3.83.